The zero-order chi connectivity index (χ0) is 7.28. The Kier molecular flexibility index (Phi) is 4.78. The molecule has 0 aliphatic heterocycles. The fourth-order valence-electron chi connectivity index (χ4n) is 0.877. The molecule has 0 fully saturated rings. The van der Waals surface area contributed by atoms with Gasteiger partial charge in [0.25, 0.3) is 0 Å². The molecule has 1 atom stereocenters. The highest BCUT2D eigenvalue weighted by Crippen LogP contribution is 1.96. The van der Waals surface area contributed by atoms with Gasteiger partial charge in [-0.2, -0.15) is 0 Å². The number of rotatable bonds is 4. The van der Waals surface area contributed by atoms with Crippen LogP contribution >= 0.6 is 0 Å². The van der Waals surface area contributed by atoms with E-state index in [1.807, 2.05) is 0 Å². The van der Waals surface area contributed by atoms with Crippen molar-refractivity contribution in [3.05, 3.63) is 6.92 Å². The molecule has 0 aromatic carbocycles. The first-order valence-corrected chi connectivity index (χ1v) is 3.76. The molecule has 0 aliphatic carbocycles. The van der Waals surface area contributed by atoms with Crippen LogP contribution in [0.25, 0.3) is 0 Å². The van der Waals surface area contributed by atoms with E-state index < -0.39 is 0 Å². The Labute approximate surface area is 58.8 Å². The molecule has 1 N–H and O–H groups in total. The van der Waals surface area contributed by atoms with Crippen molar-refractivity contribution in [3.63, 3.8) is 0 Å². The minimum Gasteiger partial charge on any atom is -0.312 e. The van der Waals surface area contributed by atoms with Crippen LogP contribution in [0, 0.1) is 6.92 Å². The molecule has 1 nitrogen and oxygen atoms in total. The van der Waals surface area contributed by atoms with Gasteiger partial charge in [-0.3, -0.25) is 0 Å². The van der Waals surface area contributed by atoms with Crippen LogP contribution in [0.15, 0.2) is 0 Å². The largest absolute Gasteiger partial charge is 0.312 e. The Morgan fingerprint density at radius 3 is 2.11 bits per heavy atom. The molecule has 55 valence electrons. The first kappa shape index (κ1) is 8.96. The van der Waals surface area contributed by atoms with E-state index in [-0.39, 0.29) is 0 Å². The van der Waals surface area contributed by atoms with E-state index in [4.69, 9.17) is 0 Å². The molecule has 1 radical (unpaired) electrons. The quantitative estimate of drug-likeness (QED) is 0.610. The van der Waals surface area contributed by atoms with Gasteiger partial charge in [0.2, 0.25) is 0 Å². The molecule has 0 aromatic heterocycles. The first-order valence-electron chi connectivity index (χ1n) is 3.76. The Morgan fingerprint density at radius 1 is 1.44 bits per heavy atom. The highest BCUT2D eigenvalue weighted by Gasteiger charge is 2.02. The fraction of sp³-hybridized carbons (Fsp3) is 0.875. The van der Waals surface area contributed by atoms with Crippen LogP contribution in [0.2, 0.25) is 0 Å². The molecule has 1 unspecified atom stereocenters. The lowest BCUT2D eigenvalue weighted by Crippen LogP contribution is -2.33. The molecule has 0 saturated carbocycles. The van der Waals surface area contributed by atoms with Crippen molar-refractivity contribution < 1.29 is 0 Å². The van der Waals surface area contributed by atoms with Crippen molar-refractivity contribution in [1.29, 1.82) is 0 Å². The zero-order valence-corrected chi connectivity index (χ0v) is 6.78. The molecule has 0 bridgehead atoms. The fourth-order valence-corrected chi connectivity index (χ4v) is 0.877. The summed E-state index contributed by atoms with van der Waals surface area (Å²) in [6, 6.07) is 1.21. The maximum Gasteiger partial charge on any atom is 0.00667 e. The lowest BCUT2D eigenvalue weighted by molar-refractivity contribution is 0.453. The lowest BCUT2D eigenvalue weighted by atomic mass is 10.1. The van der Waals surface area contributed by atoms with Gasteiger partial charge in [0, 0.05) is 12.1 Å². The Hall–Kier alpha value is -0.0400. The van der Waals surface area contributed by atoms with Crippen LogP contribution in [0.5, 0.6) is 0 Å². The average molecular weight is 128 g/mol. The van der Waals surface area contributed by atoms with Crippen LogP contribution < -0.4 is 5.32 Å². The van der Waals surface area contributed by atoms with E-state index in [1.165, 1.54) is 6.42 Å². The van der Waals surface area contributed by atoms with Gasteiger partial charge in [-0.05, 0) is 12.8 Å². The summed E-state index contributed by atoms with van der Waals surface area (Å²) >= 11 is 0. The van der Waals surface area contributed by atoms with Crippen molar-refractivity contribution in [2.45, 2.75) is 45.7 Å². The normalized spacial score (nSPS) is 11.3. The van der Waals surface area contributed by atoms with Gasteiger partial charge in [0.05, 0.1) is 0 Å². The summed E-state index contributed by atoms with van der Waals surface area (Å²) < 4.78 is 0. The van der Waals surface area contributed by atoms with Gasteiger partial charge >= 0.3 is 0 Å². The molecule has 0 aromatic rings. The number of nitrogens with one attached hydrogen (secondary N) is 1. The number of hydrogen-bond acceptors (Lipinski definition) is 1. The average Bonchev–Trinajstić information content (AvgIpc) is 1.82. The predicted octanol–water partition coefficient (Wildman–Crippen LogP) is 1.99. The van der Waals surface area contributed by atoms with Gasteiger partial charge in [-0.1, -0.05) is 27.7 Å². The van der Waals surface area contributed by atoms with E-state index in [0.29, 0.717) is 12.1 Å². The summed E-state index contributed by atoms with van der Waals surface area (Å²) in [5.74, 6) is 0. The topological polar surface area (TPSA) is 12.0 Å². The maximum absolute atomic E-state index is 3.85. The monoisotopic (exact) mass is 128 g/mol. The van der Waals surface area contributed by atoms with Crippen LogP contribution in [0.4, 0.5) is 0 Å². The van der Waals surface area contributed by atoms with Crippen LogP contribution in [0.3, 0.4) is 0 Å². The van der Waals surface area contributed by atoms with Crippen LogP contribution in [0.1, 0.15) is 33.6 Å². The maximum atomic E-state index is 3.85. The molecule has 0 spiro atoms. The lowest BCUT2D eigenvalue weighted by Gasteiger charge is -2.17. The summed E-state index contributed by atoms with van der Waals surface area (Å²) in [7, 11) is 0. The summed E-state index contributed by atoms with van der Waals surface area (Å²) in [4.78, 5) is 0. The van der Waals surface area contributed by atoms with E-state index in [2.05, 4.69) is 33.0 Å². The predicted molar refractivity (Wildman–Crippen MR) is 42.3 cm³/mol. The summed E-state index contributed by atoms with van der Waals surface area (Å²) in [6.07, 6.45) is 2.18. The third-order valence-corrected chi connectivity index (χ3v) is 1.41. The smallest absolute Gasteiger partial charge is 0.00667 e. The van der Waals surface area contributed by atoms with Gasteiger partial charge in [-0.15, -0.1) is 0 Å². The van der Waals surface area contributed by atoms with E-state index in [9.17, 15) is 0 Å². The first-order chi connectivity index (χ1) is 4.20. The van der Waals surface area contributed by atoms with Gasteiger partial charge in [-0.25, -0.2) is 0 Å². The highest BCUT2D eigenvalue weighted by molar-refractivity contribution is 4.67. The summed E-state index contributed by atoms with van der Waals surface area (Å²) in [5.41, 5.74) is 0. The van der Waals surface area contributed by atoms with Crippen molar-refractivity contribution in [1.82, 2.24) is 5.32 Å². The van der Waals surface area contributed by atoms with Crippen LogP contribution in [-0.2, 0) is 0 Å². The molecule has 0 amide bonds. The molecule has 9 heavy (non-hydrogen) atoms. The zero-order valence-electron chi connectivity index (χ0n) is 6.78. The summed E-state index contributed by atoms with van der Waals surface area (Å²) in [5, 5.41) is 3.42. The second-order valence-electron chi connectivity index (χ2n) is 2.72. The molecule has 0 aliphatic rings. The SMILES string of the molecule is [CH2]CC(CC)NC(C)C. The third kappa shape index (κ3) is 4.46. The Bertz CT molecular complexity index is 55.6. The van der Waals surface area contributed by atoms with E-state index >= 15 is 0 Å². The second kappa shape index (κ2) is 4.80. The molecule has 0 heterocycles. The molecule has 0 rings (SSSR count). The van der Waals surface area contributed by atoms with Crippen LogP contribution in [-0.4, -0.2) is 12.1 Å². The van der Waals surface area contributed by atoms with Crippen molar-refractivity contribution in [2.24, 2.45) is 0 Å². The Morgan fingerprint density at radius 2 is 2.00 bits per heavy atom. The Balaban J connectivity index is 3.31. The van der Waals surface area contributed by atoms with Gasteiger partial charge in [0.1, 0.15) is 0 Å². The third-order valence-electron chi connectivity index (χ3n) is 1.41. The van der Waals surface area contributed by atoms with Crippen molar-refractivity contribution in [2.75, 3.05) is 0 Å². The summed E-state index contributed by atoms with van der Waals surface area (Å²) in [6.45, 7) is 10.4. The van der Waals surface area contributed by atoms with E-state index in [1.54, 1.807) is 0 Å². The van der Waals surface area contributed by atoms with Crippen molar-refractivity contribution in [3.8, 4) is 0 Å². The standard InChI is InChI=1S/C8H18N/c1-5-8(6-2)9-7(3)4/h7-9H,1,5-6H2,2-4H3. The van der Waals surface area contributed by atoms with Gasteiger partial charge in [0.15, 0.2) is 0 Å². The number of hydrogen-bond donors (Lipinski definition) is 1. The second-order valence-corrected chi connectivity index (χ2v) is 2.72. The minimum atomic E-state index is 0.594. The van der Waals surface area contributed by atoms with Gasteiger partial charge < -0.3 is 5.32 Å². The highest BCUT2D eigenvalue weighted by atomic mass is 14.9. The van der Waals surface area contributed by atoms with E-state index in [0.717, 1.165) is 6.42 Å². The molecule has 0 saturated heterocycles. The molecular formula is C8H18N. The molecule has 1 heteroatoms. The van der Waals surface area contributed by atoms with Crippen molar-refractivity contribution >= 4 is 0 Å². The minimum absolute atomic E-state index is 0.594. The molecular weight excluding hydrogens is 110 g/mol.